The molecule has 0 saturated carbocycles. The van der Waals surface area contributed by atoms with Crippen molar-refractivity contribution in [3.8, 4) is 0 Å². The molecule has 0 spiro atoms. The van der Waals surface area contributed by atoms with E-state index >= 15 is 0 Å². The monoisotopic (exact) mass is 186 g/mol. The summed E-state index contributed by atoms with van der Waals surface area (Å²) in [6.45, 7) is 4.29. The number of hydrogen-bond donors (Lipinski definition) is 1. The van der Waals surface area contributed by atoms with Gasteiger partial charge in [0, 0.05) is 11.6 Å². The van der Waals surface area contributed by atoms with Gasteiger partial charge in [0.05, 0.1) is 0 Å². The first-order chi connectivity index (χ1) is 6.72. The van der Waals surface area contributed by atoms with E-state index in [0.717, 1.165) is 11.8 Å². The third-order valence-corrected chi connectivity index (χ3v) is 2.63. The fourth-order valence-corrected chi connectivity index (χ4v) is 1.78. The molecule has 0 unspecified atom stereocenters. The number of fused-ring (bicyclic) bond motifs is 1. The van der Waals surface area contributed by atoms with Gasteiger partial charge >= 0.3 is 0 Å². The molecule has 0 amide bonds. The Balaban J connectivity index is 2.80. The summed E-state index contributed by atoms with van der Waals surface area (Å²) in [5, 5.41) is 2.24. The van der Waals surface area contributed by atoms with E-state index in [4.69, 9.17) is 5.73 Å². The van der Waals surface area contributed by atoms with Gasteiger partial charge in [-0.15, -0.1) is 0 Å². The van der Waals surface area contributed by atoms with Gasteiger partial charge in [-0.3, -0.25) is 0 Å². The fourth-order valence-electron chi connectivity index (χ4n) is 1.78. The van der Waals surface area contributed by atoms with Gasteiger partial charge in [-0.25, -0.2) is 4.98 Å². The van der Waals surface area contributed by atoms with Gasteiger partial charge in [0.1, 0.15) is 5.82 Å². The third kappa shape index (κ3) is 1.33. The second-order valence-corrected chi connectivity index (χ2v) is 3.55. The highest BCUT2D eigenvalue weighted by atomic mass is 14.8. The smallest absolute Gasteiger partial charge is 0.131 e. The lowest BCUT2D eigenvalue weighted by atomic mass is 10.0. The summed E-state index contributed by atoms with van der Waals surface area (Å²) in [5.74, 6) is 0.622. The van der Waals surface area contributed by atoms with E-state index in [9.17, 15) is 0 Å². The Morgan fingerprint density at radius 3 is 2.86 bits per heavy atom. The number of benzene rings is 1. The van der Waals surface area contributed by atoms with Crippen molar-refractivity contribution in [1.82, 2.24) is 4.98 Å². The molecule has 0 atom stereocenters. The highest BCUT2D eigenvalue weighted by Gasteiger charge is 2.02. The summed E-state index contributed by atoms with van der Waals surface area (Å²) in [6.07, 6.45) is 2.79. The molecule has 1 heterocycles. The number of pyridine rings is 1. The van der Waals surface area contributed by atoms with Crippen LogP contribution in [0.1, 0.15) is 18.1 Å². The summed E-state index contributed by atoms with van der Waals surface area (Å²) in [6, 6.07) is 6.32. The molecule has 0 bridgehead atoms. The largest absolute Gasteiger partial charge is 0.383 e. The van der Waals surface area contributed by atoms with Crippen LogP contribution >= 0.6 is 0 Å². The van der Waals surface area contributed by atoms with Crippen molar-refractivity contribution in [3.63, 3.8) is 0 Å². The molecular weight excluding hydrogens is 172 g/mol. The van der Waals surface area contributed by atoms with Crippen LogP contribution in [0.15, 0.2) is 24.4 Å². The molecule has 2 heteroatoms. The van der Waals surface area contributed by atoms with Crippen molar-refractivity contribution in [1.29, 1.82) is 0 Å². The second kappa shape index (κ2) is 3.29. The standard InChI is InChI=1S/C12H14N2/c1-3-9-7-11-10(6-8(9)2)4-5-14-12(11)13/h4-7H,3H2,1-2H3,(H2,13,14). The van der Waals surface area contributed by atoms with E-state index in [-0.39, 0.29) is 0 Å². The van der Waals surface area contributed by atoms with Crippen molar-refractivity contribution >= 4 is 16.6 Å². The minimum absolute atomic E-state index is 0.622. The minimum Gasteiger partial charge on any atom is -0.383 e. The predicted octanol–water partition coefficient (Wildman–Crippen LogP) is 2.69. The molecule has 0 fully saturated rings. The molecule has 0 radical (unpaired) electrons. The highest BCUT2D eigenvalue weighted by Crippen LogP contribution is 2.23. The van der Waals surface area contributed by atoms with E-state index in [1.54, 1.807) is 6.20 Å². The Labute approximate surface area is 83.8 Å². The summed E-state index contributed by atoms with van der Waals surface area (Å²) < 4.78 is 0. The molecule has 0 aliphatic carbocycles. The summed E-state index contributed by atoms with van der Waals surface area (Å²) in [5.41, 5.74) is 8.49. The van der Waals surface area contributed by atoms with Crippen molar-refractivity contribution < 1.29 is 0 Å². The lowest BCUT2D eigenvalue weighted by Crippen LogP contribution is -1.93. The number of nitrogens with two attached hydrogens (primary N) is 1. The first-order valence-electron chi connectivity index (χ1n) is 4.86. The number of hydrogen-bond acceptors (Lipinski definition) is 2. The molecule has 72 valence electrons. The molecule has 0 aliphatic heterocycles. The normalized spacial score (nSPS) is 10.7. The van der Waals surface area contributed by atoms with E-state index in [2.05, 4.69) is 31.0 Å². The van der Waals surface area contributed by atoms with Crippen LogP contribution < -0.4 is 5.73 Å². The first-order valence-corrected chi connectivity index (χ1v) is 4.86. The van der Waals surface area contributed by atoms with Crippen LogP contribution in [-0.4, -0.2) is 4.98 Å². The van der Waals surface area contributed by atoms with Crippen LogP contribution in [0.25, 0.3) is 10.8 Å². The topological polar surface area (TPSA) is 38.9 Å². The van der Waals surface area contributed by atoms with E-state index in [1.807, 2.05) is 6.07 Å². The zero-order chi connectivity index (χ0) is 10.1. The molecule has 2 N–H and O–H groups in total. The molecule has 0 saturated heterocycles. The molecule has 1 aromatic carbocycles. The first kappa shape index (κ1) is 9.00. The Morgan fingerprint density at radius 2 is 2.14 bits per heavy atom. The third-order valence-electron chi connectivity index (χ3n) is 2.63. The van der Waals surface area contributed by atoms with Crippen LogP contribution in [-0.2, 0) is 6.42 Å². The van der Waals surface area contributed by atoms with Crippen molar-refractivity contribution in [3.05, 3.63) is 35.5 Å². The van der Waals surface area contributed by atoms with Crippen LogP contribution in [0.2, 0.25) is 0 Å². The summed E-state index contributed by atoms with van der Waals surface area (Å²) in [4.78, 5) is 4.09. The molecule has 2 aromatic rings. The van der Waals surface area contributed by atoms with Crippen LogP contribution in [0, 0.1) is 6.92 Å². The number of rotatable bonds is 1. The zero-order valence-corrected chi connectivity index (χ0v) is 8.54. The van der Waals surface area contributed by atoms with Crippen molar-refractivity contribution in [2.45, 2.75) is 20.3 Å². The Bertz CT molecular complexity index is 475. The Kier molecular flexibility index (Phi) is 2.12. The quantitative estimate of drug-likeness (QED) is 0.743. The maximum absolute atomic E-state index is 5.82. The minimum atomic E-state index is 0.622. The van der Waals surface area contributed by atoms with Crippen LogP contribution in [0.4, 0.5) is 5.82 Å². The van der Waals surface area contributed by atoms with Gasteiger partial charge in [-0.1, -0.05) is 13.0 Å². The van der Waals surface area contributed by atoms with Gasteiger partial charge in [-0.05, 0) is 42.0 Å². The molecule has 2 rings (SSSR count). The fraction of sp³-hybridized carbons (Fsp3) is 0.250. The molecule has 1 aromatic heterocycles. The molecule has 14 heavy (non-hydrogen) atoms. The number of anilines is 1. The van der Waals surface area contributed by atoms with Gasteiger partial charge < -0.3 is 5.73 Å². The maximum Gasteiger partial charge on any atom is 0.131 e. The lowest BCUT2D eigenvalue weighted by Gasteiger charge is -2.07. The van der Waals surface area contributed by atoms with Crippen LogP contribution in [0.5, 0.6) is 0 Å². The Morgan fingerprint density at radius 1 is 1.36 bits per heavy atom. The van der Waals surface area contributed by atoms with E-state index < -0.39 is 0 Å². The highest BCUT2D eigenvalue weighted by molar-refractivity contribution is 5.91. The lowest BCUT2D eigenvalue weighted by molar-refractivity contribution is 1.12. The SMILES string of the molecule is CCc1cc2c(N)nccc2cc1C. The van der Waals surface area contributed by atoms with Gasteiger partial charge in [-0.2, -0.15) is 0 Å². The number of aryl methyl sites for hydroxylation is 2. The second-order valence-electron chi connectivity index (χ2n) is 3.55. The number of nitrogens with zero attached hydrogens (tertiary/aromatic N) is 1. The molecule has 0 aliphatic rings. The van der Waals surface area contributed by atoms with Gasteiger partial charge in [0.25, 0.3) is 0 Å². The van der Waals surface area contributed by atoms with Crippen molar-refractivity contribution in [2.24, 2.45) is 0 Å². The Hall–Kier alpha value is -1.57. The summed E-state index contributed by atoms with van der Waals surface area (Å²) in [7, 11) is 0. The maximum atomic E-state index is 5.82. The molecular formula is C12H14N2. The van der Waals surface area contributed by atoms with Crippen molar-refractivity contribution in [2.75, 3.05) is 5.73 Å². The predicted molar refractivity (Wildman–Crippen MR) is 60.3 cm³/mol. The molecule has 2 nitrogen and oxygen atoms in total. The van der Waals surface area contributed by atoms with Crippen LogP contribution in [0.3, 0.4) is 0 Å². The average molecular weight is 186 g/mol. The summed E-state index contributed by atoms with van der Waals surface area (Å²) >= 11 is 0. The van der Waals surface area contributed by atoms with E-state index in [1.165, 1.54) is 16.5 Å². The van der Waals surface area contributed by atoms with E-state index in [0.29, 0.717) is 5.82 Å². The number of aromatic nitrogens is 1. The average Bonchev–Trinajstić information content (AvgIpc) is 2.17. The zero-order valence-electron chi connectivity index (χ0n) is 8.54. The number of nitrogen functional groups attached to an aromatic ring is 1. The van der Waals surface area contributed by atoms with Gasteiger partial charge in [0.2, 0.25) is 0 Å². The van der Waals surface area contributed by atoms with Gasteiger partial charge in [0.15, 0.2) is 0 Å².